The predicted octanol–water partition coefficient (Wildman–Crippen LogP) is 16.8. The number of nitrogens with zero attached hydrogens (tertiary/aromatic N) is 2. The monoisotopic (exact) mass is 804 g/mol. The highest BCUT2D eigenvalue weighted by atomic mass is 16.3. The first kappa shape index (κ1) is 36.5. The number of fused-ring (bicyclic) bond motifs is 6. The van der Waals surface area contributed by atoms with Crippen LogP contribution < -0.4 is 4.90 Å². The highest BCUT2D eigenvalue weighted by molar-refractivity contribution is 6.11. The van der Waals surface area contributed by atoms with Crippen LogP contribution in [-0.2, 0) is 0 Å². The Hall–Kier alpha value is -8.40. The zero-order valence-electron chi connectivity index (χ0n) is 34.4. The average molecular weight is 805 g/mol. The van der Waals surface area contributed by atoms with Crippen molar-refractivity contribution in [1.82, 2.24) is 4.57 Å². The van der Waals surface area contributed by atoms with Crippen LogP contribution in [0.3, 0.4) is 0 Å². The molecule has 3 nitrogen and oxygen atoms in total. The molecule has 0 radical (unpaired) electrons. The minimum absolute atomic E-state index is 0.881. The number of benzene rings is 10. The highest BCUT2D eigenvalue weighted by Crippen LogP contribution is 2.46. The normalized spacial score (nSPS) is 11.5. The summed E-state index contributed by atoms with van der Waals surface area (Å²) in [5, 5.41) is 4.71. The van der Waals surface area contributed by atoms with Crippen LogP contribution in [0.15, 0.2) is 247 Å². The van der Waals surface area contributed by atoms with E-state index in [1.807, 2.05) is 6.07 Å². The molecule has 12 aromatic rings. The Balaban J connectivity index is 1.06. The molecule has 0 fully saturated rings. The van der Waals surface area contributed by atoms with Gasteiger partial charge >= 0.3 is 0 Å². The van der Waals surface area contributed by atoms with Crippen molar-refractivity contribution in [3.8, 4) is 50.2 Å². The van der Waals surface area contributed by atoms with Gasteiger partial charge in [0.2, 0.25) is 0 Å². The first-order chi connectivity index (χ1) is 31.3. The van der Waals surface area contributed by atoms with Crippen molar-refractivity contribution in [3.63, 3.8) is 0 Å². The second-order valence-electron chi connectivity index (χ2n) is 16.1. The van der Waals surface area contributed by atoms with Crippen LogP contribution in [0.25, 0.3) is 93.9 Å². The SMILES string of the molecule is c1ccc(-c2cccc(-c3cccc(N(c4cccc(-c5ccccc5-n5c6ccccc6c6ccccc65)c4)c4ccccc4-c4cccc5c4oc4ccccc45)c3)c2)cc1. The van der Waals surface area contributed by atoms with Crippen molar-refractivity contribution in [1.29, 1.82) is 0 Å². The van der Waals surface area contributed by atoms with E-state index in [2.05, 4.69) is 246 Å². The summed E-state index contributed by atoms with van der Waals surface area (Å²) in [7, 11) is 0. The Morgan fingerprint density at radius 1 is 0.317 bits per heavy atom. The topological polar surface area (TPSA) is 21.3 Å². The lowest BCUT2D eigenvalue weighted by Gasteiger charge is -2.29. The zero-order chi connectivity index (χ0) is 41.7. The lowest BCUT2D eigenvalue weighted by molar-refractivity contribution is 0.670. The number of rotatable bonds is 8. The van der Waals surface area contributed by atoms with Crippen molar-refractivity contribution in [2.45, 2.75) is 0 Å². The van der Waals surface area contributed by atoms with Gasteiger partial charge in [0.1, 0.15) is 11.2 Å². The van der Waals surface area contributed by atoms with Crippen LogP contribution in [0.4, 0.5) is 17.1 Å². The molecule has 0 bridgehead atoms. The van der Waals surface area contributed by atoms with E-state index < -0.39 is 0 Å². The van der Waals surface area contributed by atoms with Gasteiger partial charge in [-0.1, -0.05) is 182 Å². The van der Waals surface area contributed by atoms with E-state index in [1.54, 1.807) is 0 Å². The Morgan fingerprint density at radius 2 is 0.810 bits per heavy atom. The van der Waals surface area contributed by atoms with E-state index in [0.717, 1.165) is 78.1 Å². The van der Waals surface area contributed by atoms with E-state index in [1.165, 1.54) is 32.9 Å². The maximum atomic E-state index is 6.67. The molecule has 10 aromatic carbocycles. The summed E-state index contributed by atoms with van der Waals surface area (Å²) in [4.78, 5) is 2.41. The number of furan rings is 1. The number of hydrogen-bond donors (Lipinski definition) is 0. The number of para-hydroxylation sites is 6. The molecule has 0 spiro atoms. The molecule has 2 aromatic heterocycles. The third kappa shape index (κ3) is 6.29. The molecule has 0 atom stereocenters. The summed E-state index contributed by atoms with van der Waals surface area (Å²) in [5.74, 6) is 0. The quantitative estimate of drug-likeness (QED) is 0.153. The predicted molar refractivity (Wildman–Crippen MR) is 264 cm³/mol. The number of hydrogen-bond acceptors (Lipinski definition) is 2. The lowest BCUT2D eigenvalue weighted by atomic mass is 9.97. The molecule has 63 heavy (non-hydrogen) atoms. The van der Waals surface area contributed by atoms with Gasteiger partial charge in [-0.3, -0.25) is 0 Å². The second-order valence-corrected chi connectivity index (χ2v) is 16.1. The van der Waals surface area contributed by atoms with Crippen LogP contribution in [-0.4, -0.2) is 4.57 Å². The van der Waals surface area contributed by atoms with Crippen molar-refractivity contribution in [2.75, 3.05) is 4.90 Å². The Labute approximate surface area is 366 Å². The zero-order valence-corrected chi connectivity index (χ0v) is 34.4. The van der Waals surface area contributed by atoms with E-state index in [0.29, 0.717) is 0 Å². The Kier molecular flexibility index (Phi) is 8.83. The average Bonchev–Trinajstić information content (AvgIpc) is 3.91. The van der Waals surface area contributed by atoms with Crippen molar-refractivity contribution in [2.24, 2.45) is 0 Å². The van der Waals surface area contributed by atoms with Crippen LogP contribution in [0.1, 0.15) is 0 Å². The first-order valence-corrected chi connectivity index (χ1v) is 21.5. The molecule has 12 rings (SSSR count). The van der Waals surface area contributed by atoms with Gasteiger partial charge in [0.25, 0.3) is 0 Å². The molecule has 0 saturated carbocycles. The molecule has 0 aliphatic carbocycles. The third-order valence-electron chi connectivity index (χ3n) is 12.4. The molecule has 0 N–H and O–H groups in total. The highest BCUT2D eigenvalue weighted by Gasteiger charge is 2.22. The number of aromatic nitrogens is 1. The molecular weight excluding hydrogens is 765 g/mol. The summed E-state index contributed by atoms with van der Waals surface area (Å²) in [5.41, 5.74) is 17.5. The molecule has 0 aliphatic heterocycles. The minimum atomic E-state index is 0.881. The molecule has 0 unspecified atom stereocenters. The molecular formula is C60H40N2O. The van der Waals surface area contributed by atoms with Crippen molar-refractivity contribution < 1.29 is 4.42 Å². The van der Waals surface area contributed by atoms with Crippen LogP contribution >= 0.6 is 0 Å². The van der Waals surface area contributed by atoms with Gasteiger partial charge in [-0.2, -0.15) is 0 Å². The summed E-state index contributed by atoms with van der Waals surface area (Å²) in [6.07, 6.45) is 0. The van der Waals surface area contributed by atoms with Gasteiger partial charge in [0.05, 0.1) is 22.4 Å². The lowest BCUT2D eigenvalue weighted by Crippen LogP contribution is -2.11. The van der Waals surface area contributed by atoms with Crippen molar-refractivity contribution >= 4 is 60.8 Å². The summed E-state index contributed by atoms with van der Waals surface area (Å²) < 4.78 is 9.09. The fraction of sp³-hybridized carbons (Fsp3) is 0. The van der Waals surface area contributed by atoms with Gasteiger partial charge in [-0.05, 0) is 88.5 Å². The van der Waals surface area contributed by atoms with Crippen LogP contribution in [0, 0.1) is 0 Å². The second kappa shape index (κ2) is 15.3. The molecule has 0 aliphatic rings. The van der Waals surface area contributed by atoms with Gasteiger partial charge in [-0.25, -0.2) is 0 Å². The summed E-state index contributed by atoms with van der Waals surface area (Å²) in [6, 6.07) is 87.1. The molecule has 2 heterocycles. The Morgan fingerprint density at radius 3 is 1.57 bits per heavy atom. The largest absolute Gasteiger partial charge is 0.455 e. The molecule has 3 heteroatoms. The third-order valence-corrected chi connectivity index (χ3v) is 12.4. The Bertz CT molecular complexity index is 3600. The van der Waals surface area contributed by atoms with Crippen LogP contribution in [0.5, 0.6) is 0 Å². The van der Waals surface area contributed by atoms with Gasteiger partial charge in [0.15, 0.2) is 0 Å². The minimum Gasteiger partial charge on any atom is -0.455 e. The standard InChI is InChI=1S/C60H40N2O/c1-2-18-41(19-3-1)42-20-14-21-43(38-42)44-22-15-24-46(39-44)61(56-34-10-7-29-51(56)53-31-17-32-54-52-30-8-13-37-59(52)63-60(53)54)47-25-16-23-45(40-47)48-26-4-9-33-55(48)62-57-35-11-5-27-49(57)50-28-6-12-36-58(50)62/h1-40H. The molecule has 0 saturated heterocycles. The smallest absolute Gasteiger partial charge is 0.143 e. The summed E-state index contributed by atoms with van der Waals surface area (Å²) in [6.45, 7) is 0. The molecule has 0 amide bonds. The van der Waals surface area contributed by atoms with Gasteiger partial charge in [-0.15, -0.1) is 0 Å². The van der Waals surface area contributed by atoms with E-state index in [-0.39, 0.29) is 0 Å². The fourth-order valence-corrected chi connectivity index (χ4v) is 9.52. The van der Waals surface area contributed by atoms with E-state index in [4.69, 9.17) is 4.42 Å². The van der Waals surface area contributed by atoms with Gasteiger partial charge < -0.3 is 13.9 Å². The first-order valence-electron chi connectivity index (χ1n) is 21.5. The van der Waals surface area contributed by atoms with Crippen LogP contribution in [0.2, 0.25) is 0 Å². The summed E-state index contributed by atoms with van der Waals surface area (Å²) >= 11 is 0. The maximum Gasteiger partial charge on any atom is 0.143 e. The molecule has 296 valence electrons. The van der Waals surface area contributed by atoms with E-state index in [9.17, 15) is 0 Å². The van der Waals surface area contributed by atoms with E-state index >= 15 is 0 Å². The maximum absolute atomic E-state index is 6.67. The fourth-order valence-electron chi connectivity index (χ4n) is 9.52. The van der Waals surface area contributed by atoms with Crippen molar-refractivity contribution in [3.05, 3.63) is 243 Å². The number of anilines is 3. The van der Waals surface area contributed by atoms with Gasteiger partial charge in [0, 0.05) is 49.6 Å².